The SMILES string of the molecule is COc1cc([N+](=O)[O-])ccc1S(=O)(=O)N1CCN(Cc2ccc3c(c2)CCO3)CC1. The summed E-state index contributed by atoms with van der Waals surface area (Å²) in [6.45, 7) is 3.36. The van der Waals surface area contributed by atoms with Gasteiger partial charge in [-0.05, 0) is 23.3 Å². The number of nitro benzene ring substituents is 1. The summed E-state index contributed by atoms with van der Waals surface area (Å²) in [5, 5.41) is 11.0. The molecule has 2 aliphatic rings. The zero-order valence-corrected chi connectivity index (χ0v) is 17.4. The maximum atomic E-state index is 13.1. The van der Waals surface area contributed by atoms with E-state index in [-0.39, 0.29) is 16.3 Å². The Kier molecular flexibility index (Phi) is 5.63. The van der Waals surface area contributed by atoms with Gasteiger partial charge >= 0.3 is 0 Å². The Hall–Kier alpha value is -2.69. The van der Waals surface area contributed by atoms with Crippen LogP contribution in [0, 0.1) is 10.1 Å². The Morgan fingerprint density at radius 1 is 1.13 bits per heavy atom. The lowest BCUT2D eigenvalue weighted by Crippen LogP contribution is -2.48. The molecule has 0 saturated carbocycles. The molecule has 9 nitrogen and oxygen atoms in total. The second-order valence-electron chi connectivity index (χ2n) is 7.31. The number of rotatable bonds is 6. The number of piperazine rings is 1. The number of hydrogen-bond acceptors (Lipinski definition) is 7. The Balaban J connectivity index is 1.44. The minimum absolute atomic E-state index is 0.0213. The van der Waals surface area contributed by atoms with E-state index in [1.54, 1.807) is 0 Å². The number of non-ortho nitro benzene ring substituents is 1. The zero-order chi connectivity index (χ0) is 21.3. The lowest BCUT2D eigenvalue weighted by Gasteiger charge is -2.34. The van der Waals surface area contributed by atoms with Gasteiger partial charge in [-0.15, -0.1) is 0 Å². The summed E-state index contributed by atoms with van der Waals surface area (Å²) in [7, 11) is -2.51. The van der Waals surface area contributed by atoms with Crippen LogP contribution in [0.15, 0.2) is 41.3 Å². The molecule has 160 valence electrons. The minimum atomic E-state index is -3.81. The topological polar surface area (TPSA) is 102 Å². The highest BCUT2D eigenvalue weighted by Crippen LogP contribution is 2.31. The zero-order valence-electron chi connectivity index (χ0n) is 16.6. The molecule has 0 amide bonds. The molecular weight excluding hydrogens is 410 g/mol. The highest BCUT2D eigenvalue weighted by atomic mass is 32.2. The molecule has 1 saturated heterocycles. The van der Waals surface area contributed by atoms with Gasteiger partial charge in [0.05, 0.1) is 24.7 Å². The molecule has 2 aromatic rings. The van der Waals surface area contributed by atoms with Crippen LogP contribution in [0.4, 0.5) is 5.69 Å². The van der Waals surface area contributed by atoms with Crippen LogP contribution in [0.5, 0.6) is 11.5 Å². The van der Waals surface area contributed by atoms with Crippen LogP contribution in [0.3, 0.4) is 0 Å². The first-order valence-electron chi connectivity index (χ1n) is 9.68. The molecule has 0 spiro atoms. The molecule has 0 radical (unpaired) electrons. The van der Waals surface area contributed by atoms with Crippen molar-refractivity contribution in [1.82, 2.24) is 9.21 Å². The lowest BCUT2D eigenvalue weighted by atomic mass is 10.1. The fourth-order valence-corrected chi connectivity index (χ4v) is 5.41. The third-order valence-corrected chi connectivity index (χ3v) is 7.41. The van der Waals surface area contributed by atoms with E-state index in [1.807, 2.05) is 6.07 Å². The van der Waals surface area contributed by atoms with Crippen LogP contribution in [0.1, 0.15) is 11.1 Å². The monoisotopic (exact) mass is 433 g/mol. The number of nitro groups is 1. The summed E-state index contributed by atoms with van der Waals surface area (Å²) in [6.07, 6.45) is 0.923. The fourth-order valence-electron chi connectivity index (χ4n) is 3.85. The highest BCUT2D eigenvalue weighted by molar-refractivity contribution is 7.89. The number of benzene rings is 2. The van der Waals surface area contributed by atoms with E-state index < -0.39 is 14.9 Å². The molecule has 30 heavy (non-hydrogen) atoms. The number of sulfonamides is 1. The lowest BCUT2D eigenvalue weighted by molar-refractivity contribution is -0.385. The summed E-state index contributed by atoms with van der Waals surface area (Å²) < 4.78 is 38.2. The van der Waals surface area contributed by atoms with Gasteiger partial charge in [-0.2, -0.15) is 4.31 Å². The number of methoxy groups -OCH3 is 1. The molecular formula is C20H23N3O6S. The van der Waals surface area contributed by atoms with Gasteiger partial charge in [-0.25, -0.2) is 8.42 Å². The first-order valence-corrected chi connectivity index (χ1v) is 11.1. The smallest absolute Gasteiger partial charge is 0.273 e. The van der Waals surface area contributed by atoms with E-state index >= 15 is 0 Å². The van der Waals surface area contributed by atoms with Gasteiger partial charge in [0.25, 0.3) is 5.69 Å². The summed E-state index contributed by atoms with van der Waals surface area (Å²) in [5.41, 5.74) is 2.20. The molecule has 0 atom stereocenters. The first kappa shape index (κ1) is 20.6. The van der Waals surface area contributed by atoms with Gasteiger partial charge in [-0.3, -0.25) is 15.0 Å². The Morgan fingerprint density at radius 3 is 2.60 bits per heavy atom. The molecule has 1 fully saturated rings. The predicted octanol–water partition coefficient (Wildman–Crippen LogP) is 2.04. The average molecular weight is 433 g/mol. The number of ether oxygens (including phenoxy) is 2. The van der Waals surface area contributed by atoms with Gasteiger partial charge < -0.3 is 9.47 Å². The number of hydrogen-bond donors (Lipinski definition) is 0. The second-order valence-corrected chi connectivity index (χ2v) is 9.22. The Bertz CT molecular complexity index is 1060. The molecule has 0 aromatic heterocycles. The van der Waals surface area contributed by atoms with Crippen molar-refractivity contribution in [3.05, 3.63) is 57.6 Å². The van der Waals surface area contributed by atoms with E-state index in [1.165, 1.54) is 34.7 Å². The molecule has 0 aliphatic carbocycles. The Morgan fingerprint density at radius 2 is 1.90 bits per heavy atom. The molecule has 2 heterocycles. The van der Waals surface area contributed by atoms with Gasteiger partial charge in [0.1, 0.15) is 16.4 Å². The molecule has 0 N–H and O–H groups in total. The van der Waals surface area contributed by atoms with E-state index in [9.17, 15) is 18.5 Å². The molecule has 0 unspecified atom stereocenters. The van der Waals surface area contributed by atoms with Crippen LogP contribution in [0.25, 0.3) is 0 Å². The second kappa shape index (κ2) is 8.21. The molecule has 2 aromatic carbocycles. The largest absolute Gasteiger partial charge is 0.495 e. The van der Waals surface area contributed by atoms with E-state index in [2.05, 4.69) is 17.0 Å². The quantitative estimate of drug-likeness (QED) is 0.507. The molecule has 4 rings (SSSR count). The molecule has 0 bridgehead atoms. The first-order chi connectivity index (χ1) is 14.4. The van der Waals surface area contributed by atoms with Gasteiger partial charge in [-0.1, -0.05) is 12.1 Å². The van der Waals surface area contributed by atoms with Crippen LogP contribution >= 0.6 is 0 Å². The third kappa shape index (κ3) is 3.98. The summed E-state index contributed by atoms with van der Waals surface area (Å²) in [4.78, 5) is 12.5. The summed E-state index contributed by atoms with van der Waals surface area (Å²) in [6, 6.07) is 9.77. The summed E-state index contributed by atoms with van der Waals surface area (Å²) in [5.74, 6) is 0.929. The van der Waals surface area contributed by atoms with Crippen LogP contribution in [-0.4, -0.2) is 62.4 Å². The molecule has 10 heteroatoms. The maximum absolute atomic E-state index is 13.1. The minimum Gasteiger partial charge on any atom is -0.495 e. The van der Waals surface area contributed by atoms with Crippen LogP contribution < -0.4 is 9.47 Å². The van der Waals surface area contributed by atoms with Gasteiger partial charge in [0.15, 0.2) is 0 Å². The van der Waals surface area contributed by atoms with Crippen molar-refractivity contribution < 1.29 is 22.8 Å². The van der Waals surface area contributed by atoms with E-state index in [0.717, 1.165) is 31.4 Å². The van der Waals surface area contributed by atoms with Crippen molar-refractivity contribution in [2.24, 2.45) is 0 Å². The van der Waals surface area contributed by atoms with E-state index in [0.29, 0.717) is 26.2 Å². The predicted molar refractivity (Wildman–Crippen MR) is 109 cm³/mol. The van der Waals surface area contributed by atoms with Crippen molar-refractivity contribution in [2.45, 2.75) is 17.9 Å². The van der Waals surface area contributed by atoms with Crippen molar-refractivity contribution in [1.29, 1.82) is 0 Å². The summed E-state index contributed by atoms with van der Waals surface area (Å²) >= 11 is 0. The molecule has 2 aliphatic heterocycles. The van der Waals surface area contributed by atoms with Crippen molar-refractivity contribution in [3.63, 3.8) is 0 Å². The van der Waals surface area contributed by atoms with Gasteiger partial charge in [0.2, 0.25) is 10.0 Å². The fraction of sp³-hybridized carbons (Fsp3) is 0.400. The van der Waals surface area contributed by atoms with Crippen LogP contribution in [0.2, 0.25) is 0 Å². The van der Waals surface area contributed by atoms with Crippen molar-refractivity contribution >= 4 is 15.7 Å². The number of fused-ring (bicyclic) bond motifs is 1. The number of nitrogens with zero attached hydrogens (tertiary/aromatic N) is 3. The normalized spacial score (nSPS) is 17.4. The van der Waals surface area contributed by atoms with Crippen molar-refractivity contribution in [3.8, 4) is 11.5 Å². The highest BCUT2D eigenvalue weighted by Gasteiger charge is 2.31. The Labute approximate surface area is 175 Å². The average Bonchev–Trinajstić information content (AvgIpc) is 3.21. The van der Waals surface area contributed by atoms with Crippen molar-refractivity contribution in [2.75, 3.05) is 39.9 Å². The standard InChI is InChI=1S/C20H23N3O6S/c1-28-19-13-17(23(24)25)3-5-20(19)30(26,27)22-9-7-21(8-10-22)14-15-2-4-18-16(12-15)6-11-29-18/h2-5,12-13H,6-11,14H2,1H3. The van der Waals surface area contributed by atoms with Crippen LogP contribution in [-0.2, 0) is 23.0 Å². The van der Waals surface area contributed by atoms with Gasteiger partial charge in [0, 0.05) is 45.2 Å². The third-order valence-electron chi connectivity index (χ3n) is 5.47. The maximum Gasteiger partial charge on any atom is 0.273 e. The van der Waals surface area contributed by atoms with E-state index in [4.69, 9.17) is 9.47 Å².